The molecule has 0 spiro atoms. The van der Waals surface area contributed by atoms with Crippen molar-refractivity contribution in [2.75, 3.05) is 13.7 Å². The smallest absolute Gasteiger partial charge is 0.313 e. The van der Waals surface area contributed by atoms with Gasteiger partial charge in [0.25, 0.3) is 0 Å². The number of nitrogens with one attached hydrogen (secondary N) is 1. The van der Waals surface area contributed by atoms with Crippen LogP contribution in [0.5, 0.6) is 0 Å². The van der Waals surface area contributed by atoms with Crippen LogP contribution in [0.1, 0.15) is 32.0 Å². The lowest BCUT2D eigenvalue weighted by Gasteiger charge is -2.21. The molecule has 1 N–H and O–H groups in total. The van der Waals surface area contributed by atoms with E-state index in [1.165, 1.54) is 7.11 Å². The molecule has 1 aromatic rings. The lowest BCUT2D eigenvalue weighted by Crippen LogP contribution is -2.39. The molecule has 0 saturated heterocycles. The number of amides is 1. The Balaban J connectivity index is 2.34. The minimum Gasteiger partial charge on any atom is -0.469 e. The second-order valence-corrected chi connectivity index (χ2v) is 4.89. The maximum absolute atomic E-state index is 11.6. The number of methoxy groups -OCH3 is 1. The summed E-state index contributed by atoms with van der Waals surface area (Å²) in [4.78, 5) is 27.1. The number of aryl methyl sites for hydroxylation is 2. The van der Waals surface area contributed by atoms with Crippen LogP contribution in [0.4, 0.5) is 0 Å². The van der Waals surface area contributed by atoms with Crippen molar-refractivity contribution in [1.82, 2.24) is 15.5 Å². The van der Waals surface area contributed by atoms with Crippen LogP contribution in [0.2, 0.25) is 0 Å². The summed E-state index contributed by atoms with van der Waals surface area (Å²) in [6, 6.07) is 0. The molecule has 1 aromatic heterocycles. The first-order chi connectivity index (χ1) is 8.85. The Bertz CT molecular complexity index is 454. The van der Waals surface area contributed by atoms with Crippen molar-refractivity contribution in [3.63, 3.8) is 0 Å². The fourth-order valence-electron chi connectivity index (χ4n) is 1.42. The van der Waals surface area contributed by atoms with Gasteiger partial charge in [0.1, 0.15) is 0 Å². The van der Waals surface area contributed by atoms with Gasteiger partial charge in [-0.2, -0.15) is 4.98 Å². The second kappa shape index (κ2) is 6.31. The Morgan fingerprint density at radius 1 is 1.42 bits per heavy atom. The fourth-order valence-corrected chi connectivity index (χ4v) is 1.42. The van der Waals surface area contributed by atoms with Crippen molar-refractivity contribution < 1.29 is 18.8 Å². The molecule has 19 heavy (non-hydrogen) atoms. The SMILES string of the molecule is COC(=O)C(C)(C)CNC(=O)CCc1nc(C)no1. The zero-order valence-corrected chi connectivity index (χ0v) is 11.6. The van der Waals surface area contributed by atoms with Gasteiger partial charge in [-0.25, -0.2) is 0 Å². The van der Waals surface area contributed by atoms with Gasteiger partial charge in [-0.1, -0.05) is 5.16 Å². The van der Waals surface area contributed by atoms with Crippen LogP contribution in [-0.2, 0) is 20.7 Å². The average molecular weight is 269 g/mol. The summed E-state index contributed by atoms with van der Waals surface area (Å²) in [5.74, 6) is 0.440. The van der Waals surface area contributed by atoms with Gasteiger partial charge in [0.15, 0.2) is 5.82 Å². The third kappa shape index (κ3) is 4.69. The molecule has 1 rings (SSSR count). The van der Waals surface area contributed by atoms with Crippen LogP contribution in [0.3, 0.4) is 0 Å². The van der Waals surface area contributed by atoms with Crippen molar-refractivity contribution in [2.45, 2.75) is 33.6 Å². The van der Waals surface area contributed by atoms with Crippen LogP contribution in [-0.4, -0.2) is 35.7 Å². The summed E-state index contributed by atoms with van der Waals surface area (Å²) in [5.41, 5.74) is -0.745. The molecule has 7 heteroatoms. The van der Waals surface area contributed by atoms with Gasteiger partial charge < -0.3 is 14.6 Å². The van der Waals surface area contributed by atoms with Crippen LogP contribution < -0.4 is 5.32 Å². The van der Waals surface area contributed by atoms with Gasteiger partial charge in [-0.3, -0.25) is 9.59 Å². The van der Waals surface area contributed by atoms with Gasteiger partial charge in [0.05, 0.1) is 12.5 Å². The van der Waals surface area contributed by atoms with E-state index in [-0.39, 0.29) is 24.8 Å². The normalized spacial score (nSPS) is 11.2. The van der Waals surface area contributed by atoms with Crippen LogP contribution in [0, 0.1) is 12.3 Å². The molecule has 0 aromatic carbocycles. The molecule has 1 heterocycles. The Morgan fingerprint density at radius 3 is 2.63 bits per heavy atom. The molecule has 0 fully saturated rings. The third-order valence-corrected chi connectivity index (χ3v) is 2.60. The molecular weight excluding hydrogens is 250 g/mol. The number of hydrogen-bond donors (Lipinski definition) is 1. The first-order valence-corrected chi connectivity index (χ1v) is 5.99. The van der Waals surface area contributed by atoms with Crippen molar-refractivity contribution in [1.29, 1.82) is 0 Å². The summed E-state index contributed by atoms with van der Waals surface area (Å²) in [5, 5.41) is 6.32. The van der Waals surface area contributed by atoms with Crippen molar-refractivity contribution in [3.05, 3.63) is 11.7 Å². The monoisotopic (exact) mass is 269 g/mol. The quantitative estimate of drug-likeness (QED) is 0.761. The molecule has 106 valence electrons. The molecule has 0 aliphatic rings. The maximum atomic E-state index is 11.6. The highest BCUT2D eigenvalue weighted by Crippen LogP contribution is 2.15. The molecule has 0 bridgehead atoms. The van der Waals surface area contributed by atoms with Gasteiger partial charge >= 0.3 is 5.97 Å². The summed E-state index contributed by atoms with van der Waals surface area (Å²) in [7, 11) is 1.32. The van der Waals surface area contributed by atoms with Crippen LogP contribution in [0.15, 0.2) is 4.52 Å². The summed E-state index contributed by atoms with van der Waals surface area (Å²) in [6.45, 7) is 5.36. The minimum atomic E-state index is -0.745. The standard InChI is InChI=1S/C12H19N3O4/c1-8-14-10(19-15-8)6-5-9(16)13-7-12(2,3)11(17)18-4/h5-7H2,1-4H3,(H,13,16). The van der Waals surface area contributed by atoms with Crippen LogP contribution in [0.25, 0.3) is 0 Å². The van der Waals surface area contributed by atoms with E-state index in [0.29, 0.717) is 18.1 Å². The fraction of sp³-hybridized carbons (Fsp3) is 0.667. The van der Waals surface area contributed by atoms with E-state index < -0.39 is 5.41 Å². The Hall–Kier alpha value is -1.92. The predicted octanol–water partition coefficient (Wildman–Crippen LogP) is 0.626. The number of aromatic nitrogens is 2. The largest absolute Gasteiger partial charge is 0.469 e. The lowest BCUT2D eigenvalue weighted by molar-refractivity contribution is -0.150. The number of carbonyl (C=O) groups excluding carboxylic acids is 2. The average Bonchev–Trinajstić information content (AvgIpc) is 2.78. The maximum Gasteiger partial charge on any atom is 0.313 e. The highest BCUT2D eigenvalue weighted by atomic mass is 16.5. The van der Waals surface area contributed by atoms with E-state index in [0.717, 1.165) is 0 Å². The van der Waals surface area contributed by atoms with Crippen LogP contribution >= 0.6 is 0 Å². The highest BCUT2D eigenvalue weighted by Gasteiger charge is 2.29. The van der Waals surface area contributed by atoms with E-state index in [2.05, 4.69) is 20.2 Å². The molecule has 0 atom stereocenters. The zero-order valence-electron chi connectivity index (χ0n) is 11.6. The van der Waals surface area contributed by atoms with E-state index >= 15 is 0 Å². The third-order valence-electron chi connectivity index (χ3n) is 2.60. The number of esters is 1. The topological polar surface area (TPSA) is 94.3 Å². The molecular formula is C12H19N3O4. The van der Waals surface area contributed by atoms with Crippen molar-refractivity contribution in [2.24, 2.45) is 5.41 Å². The lowest BCUT2D eigenvalue weighted by atomic mass is 9.94. The first-order valence-electron chi connectivity index (χ1n) is 5.99. The molecule has 0 aliphatic carbocycles. The highest BCUT2D eigenvalue weighted by molar-refractivity contribution is 5.79. The number of hydrogen-bond acceptors (Lipinski definition) is 6. The molecule has 0 unspecified atom stereocenters. The molecule has 7 nitrogen and oxygen atoms in total. The van der Waals surface area contributed by atoms with E-state index in [1.807, 2.05) is 0 Å². The summed E-state index contributed by atoms with van der Waals surface area (Å²) >= 11 is 0. The number of carbonyl (C=O) groups is 2. The number of rotatable bonds is 6. The Labute approximate surface area is 111 Å². The Morgan fingerprint density at radius 2 is 2.11 bits per heavy atom. The minimum absolute atomic E-state index is 0.173. The summed E-state index contributed by atoms with van der Waals surface area (Å²) < 4.78 is 9.56. The number of nitrogens with zero attached hydrogens (tertiary/aromatic N) is 2. The molecule has 1 amide bonds. The van der Waals surface area contributed by atoms with E-state index in [1.54, 1.807) is 20.8 Å². The summed E-state index contributed by atoms with van der Waals surface area (Å²) in [6.07, 6.45) is 0.615. The van der Waals surface area contributed by atoms with Gasteiger partial charge in [0, 0.05) is 19.4 Å². The second-order valence-electron chi connectivity index (χ2n) is 4.89. The van der Waals surface area contributed by atoms with E-state index in [9.17, 15) is 9.59 Å². The first kappa shape index (κ1) is 15.1. The predicted molar refractivity (Wildman–Crippen MR) is 66.2 cm³/mol. The van der Waals surface area contributed by atoms with Gasteiger partial charge in [-0.15, -0.1) is 0 Å². The molecule has 0 saturated carbocycles. The van der Waals surface area contributed by atoms with Crippen molar-refractivity contribution in [3.8, 4) is 0 Å². The number of ether oxygens (including phenoxy) is 1. The molecule has 0 radical (unpaired) electrons. The van der Waals surface area contributed by atoms with Crippen molar-refractivity contribution >= 4 is 11.9 Å². The molecule has 0 aliphatic heterocycles. The Kier molecular flexibility index (Phi) is 5.02. The van der Waals surface area contributed by atoms with Gasteiger partial charge in [-0.05, 0) is 20.8 Å². The van der Waals surface area contributed by atoms with E-state index in [4.69, 9.17) is 4.52 Å². The zero-order chi connectivity index (χ0) is 14.5. The van der Waals surface area contributed by atoms with Gasteiger partial charge in [0.2, 0.25) is 11.8 Å².